The molecular weight excluding hydrogens is 116 g/mol. The Kier molecular flexibility index (Phi) is 3.44. The zero-order valence-corrected chi connectivity index (χ0v) is 5.59. The van der Waals surface area contributed by atoms with E-state index in [-0.39, 0.29) is 5.78 Å². The Hall–Kier alpha value is -1.05. The topological polar surface area (TPSA) is 37.3 Å². The third-order valence-corrected chi connectivity index (χ3v) is 0.670. The summed E-state index contributed by atoms with van der Waals surface area (Å²) in [5.41, 5.74) is 0.929. The van der Waals surface area contributed by atoms with E-state index < -0.39 is 0 Å². The lowest BCUT2D eigenvalue weighted by atomic mass is 10.2. The van der Waals surface area contributed by atoms with Crippen molar-refractivity contribution in [2.75, 3.05) is 0 Å². The van der Waals surface area contributed by atoms with Crippen LogP contribution >= 0.6 is 0 Å². The van der Waals surface area contributed by atoms with E-state index in [4.69, 9.17) is 5.11 Å². The van der Waals surface area contributed by atoms with E-state index in [1.54, 1.807) is 0 Å². The minimum absolute atomic E-state index is 0.183. The van der Waals surface area contributed by atoms with Crippen LogP contribution in [-0.2, 0) is 4.79 Å². The molecule has 0 aliphatic carbocycles. The van der Waals surface area contributed by atoms with Gasteiger partial charge in [0.1, 0.15) is 0 Å². The van der Waals surface area contributed by atoms with Gasteiger partial charge in [-0.3, -0.25) is 4.79 Å². The molecule has 0 amide bonds. The Morgan fingerprint density at radius 2 is 2.00 bits per heavy atom. The predicted octanol–water partition coefficient (Wildman–Crippen LogP) is 1.59. The molecule has 0 radical (unpaired) electrons. The molecular formula is C7H10O2. The lowest BCUT2D eigenvalue weighted by Gasteiger charge is -1.83. The molecule has 0 heterocycles. The molecule has 9 heavy (non-hydrogen) atoms. The molecule has 0 aromatic carbocycles. The lowest BCUT2D eigenvalue weighted by Crippen LogP contribution is -1.85. The Morgan fingerprint density at radius 3 is 2.33 bits per heavy atom. The van der Waals surface area contributed by atoms with Crippen molar-refractivity contribution in [2.45, 2.75) is 13.8 Å². The second-order valence-electron chi connectivity index (χ2n) is 1.94. The van der Waals surface area contributed by atoms with E-state index >= 15 is 0 Å². The lowest BCUT2D eigenvalue weighted by molar-refractivity contribution is -0.110. The van der Waals surface area contributed by atoms with Crippen LogP contribution in [-0.4, -0.2) is 10.9 Å². The van der Waals surface area contributed by atoms with E-state index in [2.05, 4.69) is 0 Å². The molecule has 0 bridgehead atoms. The van der Waals surface area contributed by atoms with Gasteiger partial charge < -0.3 is 5.11 Å². The normalized spacial score (nSPS) is 9.56. The van der Waals surface area contributed by atoms with E-state index in [1.165, 1.54) is 6.08 Å². The largest absolute Gasteiger partial charge is 0.515 e. The van der Waals surface area contributed by atoms with Gasteiger partial charge in [0.2, 0.25) is 0 Å². The predicted molar refractivity (Wildman–Crippen MR) is 36.2 cm³/mol. The molecule has 0 saturated carbocycles. The third kappa shape index (κ3) is 4.81. The quantitative estimate of drug-likeness (QED) is 0.450. The highest BCUT2D eigenvalue weighted by atomic mass is 16.2. The standard InChI is InChI=1S/C7H10O2/c1-6(2)5-7(9)3-4-8/h3-5,8H,1-2H3/b4-3-. The van der Waals surface area contributed by atoms with Crippen LogP contribution in [0.4, 0.5) is 0 Å². The fourth-order valence-electron chi connectivity index (χ4n) is 0.406. The molecule has 0 saturated heterocycles. The highest BCUT2D eigenvalue weighted by molar-refractivity contribution is 5.99. The van der Waals surface area contributed by atoms with Gasteiger partial charge in [0.25, 0.3) is 0 Å². The van der Waals surface area contributed by atoms with E-state index in [1.807, 2.05) is 13.8 Å². The van der Waals surface area contributed by atoms with Crippen LogP contribution < -0.4 is 0 Å². The molecule has 0 atom stereocenters. The molecule has 2 heteroatoms. The van der Waals surface area contributed by atoms with Crippen molar-refractivity contribution in [3.05, 3.63) is 24.0 Å². The summed E-state index contributed by atoms with van der Waals surface area (Å²) in [5.74, 6) is -0.183. The molecule has 0 spiro atoms. The van der Waals surface area contributed by atoms with Crippen LogP contribution in [0.2, 0.25) is 0 Å². The maximum Gasteiger partial charge on any atom is 0.181 e. The molecule has 0 rings (SSSR count). The van der Waals surface area contributed by atoms with Gasteiger partial charge in [0.15, 0.2) is 5.78 Å². The SMILES string of the molecule is CC(C)=CC(=O)/C=C\O. The first-order valence-corrected chi connectivity index (χ1v) is 2.66. The zero-order chi connectivity index (χ0) is 7.28. The van der Waals surface area contributed by atoms with Gasteiger partial charge in [-0.15, -0.1) is 0 Å². The van der Waals surface area contributed by atoms with Gasteiger partial charge in [0, 0.05) is 6.08 Å². The van der Waals surface area contributed by atoms with Gasteiger partial charge in [0.05, 0.1) is 6.26 Å². The summed E-state index contributed by atoms with van der Waals surface area (Å²) in [4.78, 5) is 10.5. The summed E-state index contributed by atoms with van der Waals surface area (Å²) in [6.45, 7) is 3.65. The second kappa shape index (κ2) is 3.89. The molecule has 1 N–H and O–H groups in total. The highest BCUT2D eigenvalue weighted by Gasteiger charge is 1.86. The number of allylic oxidation sites excluding steroid dienone is 3. The minimum atomic E-state index is -0.183. The first kappa shape index (κ1) is 7.95. The number of ketones is 1. The number of hydrogen-bond acceptors (Lipinski definition) is 2. The Bertz CT molecular complexity index is 150. The average Bonchev–Trinajstić information content (AvgIpc) is 1.63. The number of hydrogen-bond donors (Lipinski definition) is 1. The van der Waals surface area contributed by atoms with Crippen LogP contribution in [0.3, 0.4) is 0 Å². The molecule has 0 unspecified atom stereocenters. The van der Waals surface area contributed by atoms with Crippen LogP contribution in [0, 0.1) is 0 Å². The molecule has 0 aromatic heterocycles. The third-order valence-electron chi connectivity index (χ3n) is 0.670. The van der Waals surface area contributed by atoms with E-state index in [0.717, 1.165) is 17.9 Å². The summed E-state index contributed by atoms with van der Waals surface area (Å²) in [5, 5.41) is 8.12. The highest BCUT2D eigenvalue weighted by Crippen LogP contribution is 1.89. The molecule has 0 fully saturated rings. The number of aliphatic hydroxyl groups excluding tert-OH is 1. The van der Waals surface area contributed by atoms with E-state index in [0.29, 0.717) is 0 Å². The van der Waals surface area contributed by atoms with Crippen LogP contribution in [0.1, 0.15) is 13.8 Å². The summed E-state index contributed by atoms with van der Waals surface area (Å²) < 4.78 is 0. The fraction of sp³-hybridized carbons (Fsp3) is 0.286. The van der Waals surface area contributed by atoms with Gasteiger partial charge in [-0.1, -0.05) is 5.57 Å². The second-order valence-corrected chi connectivity index (χ2v) is 1.94. The smallest absolute Gasteiger partial charge is 0.181 e. The molecule has 0 aliphatic heterocycles. The van der Waals surface area contributed by atoms with Crippen molar-refractivity contribution in [2.24, 2.45) is 0 Å². The Balaban J connectivity index is 3.93. The van der Waals surface area contributed by atoms with Crippen LogP contribution in [0.5, 0.6) is 0 Å². The maximum absolute atomic E-state index is 10.5. The summed E-state index contributed by atoms with van der Waals surface area (Å²) in [6.07, 6.45) is 3.29. The first-order valence-electron chi connectivity index (χ1n) is 2.66. The molecule has 2 nitrogen and oxygen atoms in total. The first-order chi connectivity index (χ1) is 4.16. The average molecular weight is 126 g/mol. The van der Waals surface area contributed by atoms with Crippen LogP contribution in [0.15, 0.2) is 24.0 Å². The van der Waals surface area contributed by atoms with Gasteiger partial charge in [-0.25, -0.2) is 0 Å². The minimum Gasteiger partial charge on any atom is -0.515 e. The molecule has 0 aromatic rings. The van der Waals surface area contributed by atoms with Gasteiger partial charge in [-0.2, -0.15) is 0 Å². The van der Waals surface area contributed by atoms with Crippen molar-refractivity contribution in [3.8, 4) is 0 Å². The van der Waals surface area contributed by atoms with Gasteiger partial charge >= 0.3 is 0 Å². The number of carbonyl (C=O) groups is 1. The van der Waals surface area contributed by atoms with Crippen molar-refractivity contribution in [3.63, 3.8) is 0 Å². The van der Waals surface area contributed by atoms with Crippen molar-refractivity contribution in [1.82, 2.24) is 0 Å². The van der Waals surface area contributed by atoms with Crippen LogP contribution in [0.25, 0.3) is 0 Å². The fourth-order valence-corrected chi connectivity index (χ4v) is 0.406. The summed E-state index contributed by atoms with van der Waals surface area (Å²) in [7, 11) is 0. The van der Waals surface area contributed by atoms with Crippen molar-refractivity contribution >= 4 is 5.78 Å². The number of rotatable bonds is 2. The van der Waals surface area contributed by atoms with Crippen molar-refractivity contribution < 1.29 is 9.90 Å². The molecule has 50 valence electrons. The maximum atomic E-state index is 10.5. The monoisotopic (exact) mass is 126 g/mol. The number of carbonyl (C=O) groups excluding carboxylic acids is 1. The van der Waals surface area contributed by atoms with E-state index in [9.17, 15) is 4.79 Å². The van der Waals surface area contributed by atoms with Crippen molar-refractivity contribution in [1.29, 1.82) is 0 Å². The summed E-state index contributed by atoms with van der Waals surface area (Å²) >= 11 is 0. The van der Waals surface area contributed by atoms with Gasteiger partial charge in [-0.05, 0) is 19.9 Å². The number of aliphatic hydroxyl groups is 1. The summed E-state index contributed by atoms with van der Waals surface area (Å²) in [6, 6.07) is 0. The Labute approximate surface area is 54.5 Å². The molecule has 0 aliphatic rings. The zero-order valence-electron chi connectivity index (χ0n) is 5.59. The Morgan fingerprint density at radius 1 is 1.44 bits per heavy atom.